The first-order chi connectivity index (χ1) is 10.5. The summed E-state index contributed by atoms with van der Waals surface area (Å²) in [5.41, 5.74) is 0. The van der Waals surface area contributed by atoms with Crippen molar-refractivity contribution in [2.45, 2.75) is 78.6 Å². The zero-order chi connectivity index (χ0) is 20.5. The Bertz CT molecular complexity index is 402. The molecule has 7 nitrogen and oxygen atoms in total. The van der Waals surface area contributed by atoms with Gasteiger partial charge < -0.3 is 30.2 Å². The average Bonchev–Trinajstić information content (AvgIpc) is 1.97. The summed E-state index contributed by atoms with van der Waals surface area (Å²) in [5, 5.41) is 0. The van der Waals surface area contributed by atoms with Crippen molar-refractivity contribution in [3.63, 3.8) is 0 Å². The summed E-state index contributed by atoms with van der Waals surface area (Å²) in [5.74, 6) is 0. The minimum absolute atomic E-state index is 1.73. The van der Waals surface area contributed by atoms with Gasteiger partial charge in [0.05, 0.1) is 0 Å². The number of hydrogen-bond acceptors (Lipinski definition) is 7. The molecule has 0 atom stereocenters. The third-order valence-electron chi connectivity index (χ3n) is 2.47. The molecule has 0 rings (SSSR count). The van der Waals surface area contributed by atoms with E-state index in [1.165, 1.54) is 0 Å². The summed E-state index contributed by atoms with van der Waals surface area (Å²) >= 11 is 0. The molecular formula is C12H38O7Si6. The lowest BCUT2D eigenvalue weighted by molar-refractivity contribution is 0.263. The minimum Gasteiger partial charge on any atom is -0.416 e. The lowest BCUT2D eigenvalue weighted by Crippen LogP contribution is -2.60. The van der Waals surface area contributed by atoms with Crippen LogP contribution in [0.5, 0.6) is 0 Å². The van der Waals surface area contributed by atoms with E-state index in [9.17, 15) is 9.59 Å². The molecule has 152 valence electrons. The summed E-state index contributed by atoms with van der Waals surface area (Å²) in [7, 11) is -15.4. The van der Waals surface area contributed by atoms with Gasteiger partial charge in [0, 0.05) is 0 Å². The van der Waals surface area contributed by atoms with Gasteiger partial charge in [-0.1, -0.05) is 0 Å². The third kappa shape index (κ3) is 13.8. The van der Waals surface area contributed by atoms with Crippen LogP contribution < -0.4 is 0 Å². The predicted molar refractivity (Wildman–Crippen MR) is 115 cm³/mol. The molecule has 0 aromatic rings. The quantitative estimate of drug-likeness (QED) is 0.482. The molecule has 0 amide bonds. The van der Waals surface area contributed by atoms with Crippen molar-refractivity contribution >= 4 is 51.4 Å². The molecule has 0 heterocycles. The first kappa shape index (κ1) is 26.0. The zero-order valence-corrected chi connectivity index (χ0v) is 23.9. The topological polar surface area (TPSA) is 86.6 Å². The minimum atomic E-state index is -2.67. The van der Waals surface area contributed by atoms with E-state index in [4.69, 9.17) is 20.6 Å². The van der Waals surface area contributed by atoms with E-state index in [-0.39, 0.29) is 0 Å². The highest BCUT2D eigenvalue weighted by Gasteiger charge is 2.47. The Balaban J connectivity index is 5.01. The van der Waals surface area contributed by atoms with Gasteiger partial charge >= 0.3 is 51.4 Å². The fraction of sp³-hybridized carbons (Fsp3) is 1.00. The molecule has 0 radical (unpaired) electrons. The highest BCUT2D eigenvalue weighted by molar-refractivity contribution is 6.90. The Labute approximate surface area is 160 Å². The molecule has 0 aliphatic rings. The average molecular weight is 463 g/mol. The van der Waals surface area contributed by atoms with E-state index < -0.39 is 51.4 Å². The Morgan fingerprint density at radius 2 is 0.520 bits per heavy atom. The molecular weight excluding hydrogens is 425 g/mol. The summed E-state index contributed by atoms with van der Waals surface area (Å²) in [4.78, 5) is 20.1. The lowest BCUT2D eigenvalue weighted by Gasteiger charge is -2.42. The summed E-state index contributed by atoms with van der Waals surface area (Å²) in [6, 6.07) is 0. The zero-order valence-electron chi connectivity index (χ0n) is 17.9. The van der Waals surface area contributed by atoms with Crippen molar-refractivity contribution in [3.8, 4) is 0 Å². The van der Waals surface area contributed by atoms with Crippen LogP contribution in [0.25, 0.3) is 0 Å². The largest absolute Gasteiger partial charge is 0.416 e. The molecule has 0 aromatic heterocycles. The Hall–Kier alpha value is 1.02. The highest BCUT2D eigenvalue weighted by atomic mass is 28.5. The van der Waals surface area contributed by atoms with Crippen LogP contribution in [-0.4, -0.2) is 61.0 Å². The molecule has 2 N–H and O–H groups in total. The number of rotatable bonds is 10. The van der Waals surface area contributed by atoms with E-state index >= 15 is 0 Å². The fourth-order valence-corrected chi connectivity index (χ4v) is 29.1. The van der Waals surface area contributed by atoms with Crippen LogP contribution in [0.15, 0.2) is 0 Å². The molecule has 0 aliphatic heterocycles. The van der Waals surface area contributed by atoms with E-state index in [2.05, 4.69) is 0 Å². The second kappa shape index (κ2) is 8.18. The lowest BCUT2D eigenvalue weighted by atomic mass is 11.9. The molecule has 0 aromatic carbocycles. The van der Waals surface area contributed by atoms with Crippen LogP contribution in [0, 0.1) is 0 Å². The SMILES string of the molecule is C[Si](C)(O)O[Si](C)(C)O[Si](C)(C)O[Si](C)(C)O[Si](C)(C)O[Si](C)(C)O. The van der Waals surface area contributed by atoms with Crippen LogP contribution >= 0.6 is 0 Å². The van der Waals surface area contributed by atoms with Crippen LogP contribution in [0.1, 0.15) is 0 Å². The van der Waals surface area contributed by atoms with Gasteiger partial charge in [-0.3, -0.25) is 0 Å². The van der Waals surface area contributed by atoms with Gasteiger partial charge in [-0.2, -0.15) is 0 Å². The van der Waals surface area contributed by atoms with Gasteiger partial charge in [-0.15, -0.1) is 0 Å². The van der Waals surface area contributed by atoms with Crippen molar-refractivity contribution in [2.24, 2.45) is 0 Å². The summed E-state index contributed by atoms with van der Waals surface area (Å²) in [6.07, 6.45) is 0. The maximum absolute atomic E-state index is 10.0. The smallest absolute Gasteiger partial charge is 0.320 e. The maximum Gasteiger partial charge on any atom is 0.320 e. The van der Waals surface area contributed by atoms with Crippen LogP contribution in [-0.2, 0) is 20.6 Å². The van der Waals surface area contributed by atoms with E-state index in [0.29, 0.717) is 0 Å². The van der Waals surface area contributed by atoms with Crippen molar-refractivity contribution in [1.29, 1.82) is 0 Å². The van der Waals surface area contributed by atoms with Crippen molar-refractivity contribution in [2.75, 3.05) is 0 Å². The van der Waals surface area contributed by atoms with Gasteiger partial charge in [0.2, 0.25) is 0 Å². The van der Waals surface area contributed by atoms with Gasteiger partial charge in [-0.05, 0) is 78.6 Å². The Morgan fingerprint density at radius 3 is 0.680 bits per heavy atom. The van der Waals surface area contributed by atoms with Gasteiger partial charge in [-0.25, -0.2) is 0 Å². The predicted octanol–water partition coefficient (Wildman–Crippen LogP) is 3.26. The molecule has 0 unspecified atom stereocenters. The monoisotopic (exact) mass is 462 g/mol. The second-order valence-electron chi connectivity index (χ2n) is 9.00. The third-order valence-corrected chi connectivity index (χ3v) is 22.2. The number of hydrogen-bond donors (Lipinski definition) is 2. The van der Waals surface area contributed by atoms with Gasteiger partial charge in [0.15, 0.2) is 0 Å². The fourth-order valence-electron chi connectivity index (χ4n) is 3.06. The van der Waals surface area contributed by atoms with Crippen LogP contribution in [0.2, 0.25) is 78.6 Å². The van der Waals surface area contributed by atoms with E-state index in [1.807, 2.05) is 52.4 Å². The first-order valence-corrected chi connectivity index (χ1v) is 25.5. The van der Waals surface area contributed by atoms with E-state index in [1.54, 1.807) is 26.2 Å². The van der Waals surface area contributed by atoms with Crippen molar-refractivity contribution in [3.05, 3.63) is 0 Å². The standard InChI is InChI=1S/C12H38O7Si6/c1-20(2,13)15-22(5,6)17-24(9,10)19-25(11,12)18-23(7,8)16-21(3,4)14/h13-14H,1-12H3. The molecule has 0 aliphatic carbocycles. The Morgan fingerprint density at radius 1 is 0.360 bits per heavy atom. The molecule has 0 fully saturated rings. The van der Waals surface area contributed by atoms with Crippen LogP contribution in [0.4, 0.5) is 0 Å². The molecule has 0 saturated carbocycles. The summed E-state index contributed by atoms with van der Waals surface area (Å²) in [6.45, 7) is 22.5. The second-order valence-corrected chi connectivity index (χ2v) is 30.1. The molecule has 0 spiro atoms. The molecule has 25 heavy (non-hydrogen) atoms. The highest BCUT2D eigenvalue weighted by Crippen LogP contribution is 2.26. The summed E-state index contributed by atoms with van der Waals surface area (Å²) < 4.78 is 30.5. The van der Waals surface area contributed by atoms with Crippen molar-refractivity contribution in [1.82, 2.24) is 0 Å². The Kier molecular flexibility index (Phi) is 8.51. The normalized spacial score (nSPS) is 15.6. The van der Waals surface area contributed by atoms with Crippen LogP contribution in [0.3, 0.4) is 0 Å². The molecule has 0 saturated heterocycles. The van der Waals surface area contributed by atoms with E-state index in [0.717, 1.165) is 0 Å². The molecule has 13 heteroatoms. The van der Waals surface area contributed by atoms with Gasteiger partial charge in [0.25, 0.3) is 0 Å². The van der Waals surface area contributed by atoms with Crippen molar-refractivity contribution < 1.29 is 30.2 Å². The first-order valence-electron chi connectivity index (χ1n) is 8.49. The van der Waals surface area contributed by atoms with Gasteiger partial charge in [0.1, 0.15) is 0 Å². The molecule has 0 bridgehead atoms. The maximum atomic E-state index is 10.0.